The van der Waals surface area contributed by atoms with Crippen LogP contribution in [0, 0.1) is 5.41 Å². The largest absolute Gasteiger partial charge is 0.357 e. The fourth-order valence-electron chi connectivity index (χ4n) is 2.37. The first kappa shape index (κ1) is 12.7. The number of aromatic nitrogens is 1. The molecule has 0 aromatic carbocycles. The number of hydrogen-bond donors (Lipinski definition) is 0. The molecule has 0 saturated carbocycles. The first-order chi connectivity index (χ1) is 8.11. The summed E-state index contributed by atoms with van der Waals surface area (Å²) in [5, 5.41) is 0. The van der Waals surface area contributed by atoms with Crippen molar-refractivity contribution in [3.8, 4) is 0 Å². The lowest BCUT2D eigenvalue weighted by Gasteiger charge is -2.24. The second kappa shape index (κ2) is 5.26. The fourth-order valence-corrected chi connectivity index (χ4v) is 2.53. The van der Waals surface area contributed by atoms with Gasteiger partial charge in [-0.2, -0.15) is 0 Å². The van der Waals surface area contributed by atoms with Crippen LogP contribution < -0.4 is 4.90 Å². The molecule has 2 heterocycles. The molecule has 0 spiro atoms. The van der Waals surface area contributed by atoms with E-state index < -0.39 is 0 Å². The lowest BCUT2D eigenvalue weighted by molar-refractivity contribution is 0.325. The van der Waals surface area contributed by atoms with Gasteiger partial charge in [-0.3, -0.25) is 0 Å². The zero-order chi connectivity index (χ0) is 12.3. The minimum Gasteiger partial charge on any atom is -0.357 e. The predicted octanol–water partition coefficient (Wildman–Crippen LogP) is 3.84. The van der Waals surface area contributed by atoms with Crippen LogP contribution in [0.15, 0.2) is 18.3 Å². The van der Waals surface area contributed by atoms with Crippen molar-refractivity contribution < 1.29 is 0 Å². The molecular weight excluding hydrogens is 232 g/mol. The first-order valence-electron chi connectivity index (χ1n) is 6.37. The van der Waals surface area contributed by atoms with Gasteiger partial charge in [-0.15, -0.1) is 11.6 Å². The van der Waals surface area contributed by atoms with Crippen LogP contribution in [0.5, 0.6) is 0 Å². The molecule has 0 radical (unpaired) electrons. The van der Waals surface area contributed by atoms with E-state index in [4.69, 9.17) is 11.6 Å². The van der Waals surface area contributed by atoms with E-state index >= 15 is 0 Å². The van der Waals surface area contributed by atoms with Crippen LogP contribution in [0.25, 0.3) is 0 Å². The number of anilines is 1. The molecule has 0 amide bonds. The van der Waals surface area contributed by atoms with E-state index in [1.807, 2.05) is 12.3 Å². The second-order valence-electron chi connectivity index (χ2n) is 5.66. The highest BCUT2D eigenvalue weighted by Crippen LogP contribution is 2.31. The topological polar surface area (TPSA) is 16.1 Å². The van der Waals surface area contributed by atoms with Gasteiger partial charge in [-0.25, -0.2) is 4.98 Å². The Hall–Kier alpha value is -0.760. The van der Waals surface area contributed by atoms with Crippen LogP contribution in [0.2, 0.25) is 0 Å². The Morgan fingerprint density at radius 1 is 1.35 bits per heavy atom. The zero-order valence-corrected chi connectivity index (χ0v) is 11.5. The molecule has 1 aromatic heterocycles. The van der Waals surface area contributed by atoms with Gasteiger partial charge in [0.2, 0.25) is 0 Å². The van der Waals surface area contributed by atoms with Crippen molar-refractivity contribution in [3.63, 3.8) is 0 Å². The van der Waals surface area contributed by atoms with E-state index in [-0.39, 0.29) is 0 Å². The van der Waals surface area contributed by atoms with Crippen molar-refractivity contribution >= 4 is 17.4 Å². The summed E-state index contributed by atoms with van der Waals surface area (Å²) in [7, 11) is 0. The molecule has 1 saturated heterocycles. The van der Waals surface area contributed by atoms with E-state index in [9.17, 15) is 0 Å². The molecule has 0 N–H and O–H groups in total. The number of alkyl halides is 1. The maximum atomic E-state index is 5.87. The highest BCUT2D eigenvalue weighted by Gasteiger charge is 2.23. The summed E-state index contributed by atoms with van der Waals surface area (Å²) >= 11 is 5.87. The van der Waals surface area contributed by atoms with Crippen LogP contribution in [-0.4, -0.2) is 18.1 Å². The lowest BCUT2D eigenvalue weighted by atomic mass is 9.85. The maximum Gasteiger partial charge on any atom is 0.128 e. The standard InChI is InChI=1S/C14H21ClN2/c1-14(2)5-3-8-17(9-6-14)13-10-12(11-15)4-7-16-13/h4,7,10H,3,5-6,8-9,11H2,1-2H3. The maximum absolute atomic E-state index is 5.87. The number of pyridine rings is 1. The Morgan fingerprint density at radius 2 is 2.18 bits per heavy atom. The Kier molecular flexibility index (Phi) is 3.93. The molecule has 3 heteroatoms. The second-order valence-corrected chi connectivity index (χ2v) is 5.93. The van der Waals surface area contributed by atoms with Gasteiger partial charge in [0.15, 0.2) is 0 Å². The van der Waals surface area contributed by atoms with E-state index in [1.165, 1.54) is 19.3 Å². The molecule has 17 heavy (non-hydrogen) atoms. The number of hydrogen-bond acceptors (Lipinski definition) is 2. The minimum atomic E-state index is 0.471. The van der Waals surface area contributed by atoms with Gasteiger partial charge < -0.3 is 4.90 Å². The third-order valence-electron chi connectivity index (χ3n) is 3.63. The normalized spacial score (nSPS) is 20.1. The predicted molar refractivity (Wildman–Crippen MR) is 73.6 cm³/mol. The Morgan fingerprint density at radius 3 is 2.94 bits per heavy atom. The van der Waals surface area contributed by atoms with E-state index in [2.05, 4.69) is 29.8 Å². The molecule has 94 valence electrons. The summed E-state index contributed by atoms with van der Waals surface area (Å²) in [5.41, 5.74) is 1.62. The third kappa shape index (κ3) is 3.35. The zero-order valence-electron chi connectivity index (χ0n) is 10.7. The van der Waals surface area contributed by atoms with Crippen LogP contribution in [0.3, 0.4) is 0 Å². The Bertz CT molecular complexity index is 376. The molecule has 1 fully saturated rings. The smallest absolute Gasteiger partial charge is 0.128 e. The summed E-state index contributed by atoms with van der Waals surface area (Å²) in [6.07, 6.45) is 5.65. The van der Waals surface area contributed by atoms with Gasteiger partial charge in [-0.1, -0.05) is 13.8 Å². The Balaban J connectivity index is 2.11. The molecule has 1 aliphatic heterocycles. The minimum absolute atomic E-state index is 0.471. The first-order valence-corrected chi connectivity index (χ1v) is 6.90. The van der Waals surface area contributed by atoms with Crippen molar-refractivity contribution in [2.75, 3.05) is 18.0 Å². The summed E-state index contributed by atoms with van der Waals surface area (Å²) < 4.78 is 0. The average molecular weight is 253 g/mol. The quantitative estimate of drug-likeness (QED) is 0.744. The van der Waals surface area contributed by atoms with E-state index in [1.54, 1.807) is 0 Å². The molecular formula is C14H21ClN2. The van der Waals surface area contributed by atoms with Gasteiger partial charge in [0.05, 0.1) is 0 Å². The molecule has 0 aliphatic carbocycles. The van der Waals surface area contributed by atoms with E-state index in [0.29, 0.717) is 11.3 Å². The Labute approximate surface area is 109 Å². The number of rotatable bonds is 2. The molecule has 0 unspecified atom stereocenters. The summed E-state index contributed by atoms with van der Waals surface area (Å²) in [4.78, 5) is 6.86. The van der Waals surface area contributed by atoms with Gasteiger partial charge in [0.25, 0.3) is 0 Å². The lowest BCUT2D eigenvalue weighted by Crippen LogP contribution is -2.25. The van der Waals surface area contributed by atoms with Crippen molar-refractivity contribution in [2.45, 2.75) is 39.0 Å². The van der Waals surface area contributed by atoms with Crippen molar-refractivity contribution in [2.24, 2.45) is 5.41 Å². The summed E-state index contributed by atoms with van der Waals surface area (Å²) in [6.45, 7) is 6.94. The third-order valence-corrected chi connectivity index (χ3v) is 3.94. The fraction of sp³-hybridized carbons (Fsp3) is 0.643. The van der Waals surface area contributed by atoms with Crippen molar-refractivity contribution in [1.82, 2.24) is 4.98 Å². The molecule has 0 bridgehead atoms. The van der Waals surface area contributed by atoms with Gasteiger partial charge in [0, 0.05) is 25.2 Å². The SMILES string of the molecule is CC1(C)CCCN(c2cc(CCl)ccn2)CC1. The highest BCUT2D eigenvalue weighted by atomic mass is 35.5. The van der Waals surface area contributed by atoms with Crippen molar-refractivity contribution in [3.05, 3.63) is 23.9 Å². The van der Waals surface area contributed by atoms with Crippen LogP contribution in [-0.2, 0) is 5.88 Å². The molecule has 0 atom stereocenters. The van der Waals surface area contributed by atoms with E-state index in [0.717, 1.165) is 24.5 Å². The molecule has 2 rings (SSSR count). The number of nitrogens with zero attached hydrogens (tertiary/aromatic N) is 2. The van der Waals surface area contributed by atoms with Gasteiger partial charge >= 0.3 is 0 Å². The molecule has 1 aromatic rings. The summed E-state index contributed by atoms with van der Waals surface area (Å²) in [5.74, 6) is 1.65. The average Bonchev–Trinajstić information content (AvgIpc) is 2.50. The molecule has 1 aliphatic rings. The monoisotopic (exact) mass is 252 g/mol. The van der Waals surface area contributed by atoms with Gasteiger partial charge in [0.1, 0.15) is 5.82 Å². The van der Waals surface area contributed by atoms with Crippen molar-refractivity contribution in [1.29, 1.82) is 0 Å². The molecule has 2 nitrogen and oxygen atoms in total. The van der Waals surface area contributed by atoms with Gasteiger partial charge in [-0.05, 0) is 42.4 Å². The van der Waals surface area contributed by atoms with Crippen LogP contribution in [0.4, 0.5) is 5.82 Å². The van der Waals surface area contributed by atoms with Crippen LogP contribution in [0.1, 0.15) is 38.7 Å². The highest BCUT2D eigenvalue weighted by molar-refractivity contribution is 6.17. The van der Waals surface area contributed by atoms with Crippen LogP contribution >= 0.6 is 11.6 Å². The number of halogens is 1. The summed E-state index contributed by atoms with van der Waals surface area (Å²) in [6, 6.07) is 4.10.